The topological polar surface area (TPSA) is 139 Å². The summed E-state index contributed by atoms with van der Waals surface area (Å²) in [4.78, 5) is 45.2. The molecule has 0 bridgehead atoms. The van der Waals surface area contributed by atoms with Gasteiger partial charge >= 0.3 is 6.09 Å². The van der Waals surface area contributed by atoms with Crippen LogP contribution in [-0.2, 0) is 14.3 Å². The number of nitrogens with one attached hydrogen (secondary N) is 2. The lowest BCUT2D eigenvalue weighted by atomic mass is 10.0. The third kappa shape index (κ3) is 8.00. The van der Waals surface area contributed by atoms with Gasteiger partial charge in [-0.05, 0) is 69.7 Å². The molecule has 1 unspecified atom stereocenters. The number of benzene rings is 1. The summed E-state index contributed by atoms with van der Waals surface area (Å²) in [5, 5.41) is 18.1. The minimum atomic E-state index is -1.40. The van der Waals surface area contributed by atoms with Crippen molar-refractivity contribution in [1.29, 1.82) is 0 Å². The summed E-state index contributed by atoms with van der Waals surface area (Å²) in [6.07, 6.45) is 2.97. The maximum Gasteiger partial charge on any atom is 0.411 e. The molecule has 1 saturated carbocycles. The van der Waals surface area contributed by atoms with Crippen molar-refractivity contribution in [3.05, 3.63) is 30.5 Å². The molecule has 11 nitrogen and oxygen atoms in total. The van der Waals surface area contributed by atoms with Gasteiger partial charge in [0.15, 0.2) is 6.10 Å². The lowest BCUT2D eigenvalue weighted by Gasteiger charge is -2.30. The Morgan fingerprint density at radius 1 is 1.20 bits per heavy atom. The number of carbonyl (C=O) groups excluding carboxylic acids is 3. The first-order valence-electron chi connectivity index (χ1n) is 14.4. The number of rotatable bonds is 11. The van der Waals surface area contributed by atoms with Gasteiger partial charge in [-0.1, -0.05) is 19.8 Å². The van der Waals surface area contributed by atoms with Gasteiger partial charge in [0.05, 0.1) is 19.7 Å². The summed E-state index contributed by atoms with van der Waals surface area (Å²) in [5.74, 6) is 0.114. The van der Waals surface area contributed by atoms with Crippen molar-refractivity contribution in [3.8, 4) is 11.6 Å². The molecule has 11 heteroatoms. The van der Waals surface area contributed by atoms with Crippen molar-refractivity contribution in [2.24, 2.45) is 0 Å². The number of pyridine rings is 1. The standard InChI is InChI=1S/C30H42N4O7/c1-6-7-8-23(25(35)27(37)32-19-9-10-19)33-26(36)24-16-21(17-34(24)29(38)41-30(2,3)4)40-28-22-12-11-20(39-5)15-18(22)13-14-31-28/h11-15,19,21,23-25,35H,6-10,16-17H2,1-5H3,(H,32,37)(H,33,36)/t21-,23+,24+,25?/m1/s1. The van der Waals surface area contributed by atoms with Gasteiger partial charge in [-0.2, -0.15) is 0 Å². The van der Waals surface area contributed by atoms with Crippen molar-refractivity contribution in [2.45, 2.75) is 102 Å². The van der Waals surface area contributed by atoms with Crippen LogP contribution in [0.25, 0.3) is 10.8 Å². The zero-order valence-electron chi connectivity index (χ0n) is 24.5. The monoisotopic (exact) mass is 570 g/mol. The molecule has 2 fully saturated rings. The number of likely N-dealkylation sites (tertiary alicyclic amines) is 1. The van der Waals surface area contributed by atoms with Crippen molar-refractivity contribution >= 4 is 28.7 Å². The van der Waals surface area contributed by atoms with Gasteiger partial charge in [-0.15, -0.1) is 0 Å². The minimum absolute atomic E-state index is 0.0823. The second kappa shape index (κ2) is 12.9. The second-order valence-electron chi connectivity index (χ2n) is 11.8. The van der Waals surface area contributed by atoms with E-state index in [2.05, 4.69) is 15.6 Å². The highest BCUT2D eigenvalue weighted by atomic mass is 16.6. The molecule has 1 aliphatic carbocycles. The Bertz CT molecular complexity index is 1240. The first-order chi connectivity index (χ1) is 19.5. The third-order valence-electron chi connectivity index (χ3n) is 7.18. The molecule has 4 atom stereocenters. The molecule has 2 aliphatic rings. The van der Waals surface area contributed by atoms with E-state index in [4.69, 9.17) is 14.2 Å². The molecule has 41 heavy (non-hydrogen) atoms. The summed E-state index contributed by atoms with van der Waals surface area (Å²) in [7, 11) is 1.60. The smallest absolute Gasteiger partial charge is 0.411 e. The molecule has 1 aromatic carbocycles. The molecule has 0 spiro atoms. The molecular weight excluding hydrogens is 528 g/mol. The number of fused-ring (bicyclic) bond motifs is 1. The predicted molar refractivity (Wildman–Crippen MR) is 153 cm³/mol. The Labute approximate surface area is 240 Å². The van der Waals surface area contributed by atoms with Gasteiger partial charge in [-0.25, -0.2) is 9.78 Å². The highest BCUT2D eigenvalue weighted by molar-refractivity contribution is 5.89. The van der Waals surface area contributed by atoms with Gasteiger partial charge in [-0.3, -0.25) is 14.5 Å². The van der Waals surface area contributed by atoms with E-state index in [0.717, 1.165) is 30.0 Å². The molecule has 3 N–H and O–H groups in total. The fourth-order valence-electron chi connectivity index (χ4n) is 4.87. The Kier molecular flexibility index (Phi) is 9.57. The second-order valence-corrected chi connectivity index (χ2v) is 11.8. The quantitative estimate of drug-likeness (QED) is 0.374. The fraction of sp³-hybridized carbons (Fsp3) is 0.600. The van der Waals surface area contributed by atoms with Crippen molar-refractivity contribution in [2.75, 3.05) is 13.7 Å². The average Bonchev–Trinajstić information content (AvgIpc) is 3.64. The van der Waals surface area contributed by atoms with E-state index < -0.39 is 47.8 Å². The van der Waals surface area contributed by atoms with Gasteiger partial charge in [0.2, 0.25) is 11.8 Å². The van der Waals surface area contributed by atoms with E-state index in [1.165, 1.54) is 4.90 Å². The Balaban J connectivity index is 1.53. The number of aromatic nitrogens is 1. The van der Waals surface area contributed by atoms with Crippen LogP contribution in [0.1, 0.15) is 66.2 Å². The van der Waals surface area contributed by atoms with Crippen molar-refractivity contribution in [3.63, 3.8) is 0 Å². The molecule has 1 aromatic heterocycles. The molecule has 2 aromatic rings. The van der Waals surface area contributed by atoms with E-state index >= 15 is 0 Å². The van der Waals surface area contributed by atoms with Crippen LogP contribution in [0, 0.1) is 0 Å². The van der Waals surface area contributed by atoms with E-state index in [-0.39, 0.29) is 19.0 Å². The lowest BCUT2D eigenvalue weighted by Crippen LogP contribution is -2.55. The van der Waals surface area contributed by atoms with Crippen molar-refractivity contribution in [1.82, 2.24) is 20.5 Å². The number of nitrogens with zero attached hydrogens (tertiary/aromatic N) is 2. The van der Waals surface area contributed by atoms with Crippen LogP contribution in [0.2, 0.25) is 0 Å². The van der Waals surface area contributed by atoms with E-state index in [9.17, 15) is 19.5 Å². The molecule has 4 rings (SSSR count). The molecule has 1 saturated heterocycles. The zero-order chi connectivity index (χ0) is 29.7. The SMILES string of the molecule is CCCC[C@H](NC(=O)[C@@H]1C[C@@H](Oc2nccc3cc(OC)ccc23)CN1C(=O)OC(C)(C)C)C(O)C(=O)NC1CC1. The minimum Gasteiger partial charge on any atom is -0.497 e. The van der Waals surface area contributed by atoms with Crippen LogP contribution in [0.4, 0.5) is 4.79 Å². The number of unbranched alkanes of at least 4 members (excludes halogenated alkanes) is 1. The van der Waals surface area contributed by atoms with E-state index in [0.29, 0.717) is 24.5 Å². The van der Waals surface area contributed by atoms with Crippen LogP contribution in [-0.4, -0.2) is 82.5 Å². The normalized spacial score (nSPS) is 20.3. The number of amides is 3. The molecule has 224 valence electrons. The maximum absolute atomic E-state index is 13.7. The highest BCUT2D eigenvalue weighted by Crippen LogP contribution is 2.31. The lowest BCUT2D eigenvalue weighted by molar-refractivity contribution is -0.133. The molecule has 1 aliphatic heterocycles. The molecular formula is C30H42N4O7. The largest absolute Gasteiger partial charge is 0.497 e. The number of aliphatic hydroxyl groups excluding tert-OH is 1. The number of methoxy groups -OCH3 is 1. The number of hydrogen-bond acceptors (Lipinski definition) is 8. The summed E-state index contributed by atoms with van der Waals surface area (Å²) in [5.41, 5.74) is -0.770. The van der Waals surface area contributed by atoms with Gasteiger partial charge in [0, 0.05) is 24.0 Å². The predicted octanol–water partition coefficient (Wildman–Crippen LogP) is 3.31. The fourth-order valence-corrected chi connectivity index (χ4v) is 4.87. The van der Waals surface area contributed by atoms with E-state index in [1.807, 2.05) is 31.2 Å². The number of ether oxygens (including phenoxy) is 3. The molecule has 0 radical (unpaired) electrons. The van der Waals surface area contributed by atoms with Crippen LogP contribution in [0.15, 0.2) is 30.5 Å². The Morgan fingerprint density at radius 3 is 2.61 bits per heavy atom. The number of carbonyl (C=O) groups is 3. The highest BCUT2D eigenvalue weighted by Gasteiger charge is 2.44. The van der Waals surface area contributed by atoms with Crippen molar-refractivity contribution < 1.29 is 33.7 Å². The van der Waals surface area contributed by atoms with Gasteiger partial charge in [0.25, 0.3) is 5.91 Å². The Morgan fingerprint density at radius 2 is 1.95 bits per heavy atom. The van der Waals surface area contributed by atoms with Crippen LogP contribution in [0.3, 0.4) is 0 Å². The zero-order valence-corrected chi connectivity index (χ0v) is 24.5. The van der Waals surface area contributed by atoms with Gasteiger partial charge < -0.3 is 30.0 Å². The summed E-state index contributed by atoms with van der Waals surface area (Å²) < 4.78 is 17.2. The van der Waals surface area contributed by atoms with Crippen LogP contribution < -0.4 is 20.1 Å². The third-order valence-corrected chi connectivity index (χ3v) is 7.18. The molecule has 2 heterocycles. The first kappa shape index (κ1) is 30.4. The average molecular weight is 571 g/mol. The summed E-state index contributed by atoms with van der Waals surface area (Å²) >= 11 is 0. The summed E-state index contributed by atoms with van der Waals surface area (Å²) in [6.45, 7) is 7.37. The molecule has 3 amide bonds. The first-order valence-corrected chi connectivity index (χ1v) is 14.4. The summed E-state index contributed by atoms with van der Waals surface area (Å²) in [6, 6.07) is 5.76. The Hall–Kier alpha value is -3.60. The maximum atomic E-state index is 13.7. The van der Waals surface area contributed by atoms with Gasteiger partial charge in [0.1, 0.15) is 23.5 Å². The van der Waals surface area contributed by atoms with Crippen LogP contribution in [0.5, 0.6) is 11.6 Å². The number of aliphatic hydroxyl groups is 1. The van der Waals surface area contributed by atoms with Crippen LogP contribution >= 0.6 is 0 Å². The number of hydrogen-bond donors (Lipinski definition) is 3. The van der Waals surface area contributed by atoms with E-state index in [1.54, 1.807) is 34.1 Å².